The maximum atomic E-state index is 12.1. The number of nitrogens with one attached hydrogen (secondary N) is 1. The fourth-order valence-corrected chi connectivity index (χ4v) is 2.73. The van der Waals surface area contributed by atoms with Crippen LogP contribution in [0.2, 0.25) is 10.0 Å². The van der Waals surface area contributed by atoms with Crippen LogP contribution in [0.5, 0.6) is 0 Å². The molecule has 0 amide bonds. The van der Waals surface area contributed by atoms with Gasteiger partial charge in [-0.25, -0.2) is 9.36 Å². The topological polar surface area (TPSA) is 134 Å². The SMILES string of the molecule is O=c1[nH]c(CO)c(Cl)c(=O)n1Cc1nc(C[C@H](O)c2ccc(Cl)cc2)no1. The van der Waals surface area contributed by atoms with Crippen LogP contribution in [0.4, 0.5) is 0 Å². The molecule has 3 rings (SSSR count). The lowest BCUT2D eigenvalue weighted by Crippen LogP contribution is -2.37. The van der Waals surface area contributed by atoms with Gasteiger partial charge in [-0.3, -0.25) is 4.79 Å². The summed E-state index contributed by atoms with van der Waals surface area (Å²) in [6, 6.07) is 6.66. The lowest BCUT2D eigenvalue weighted by Gasteiger charge is -2.08. The molecule has 2 heterocycles. The van der Waals surface area contributed by atoms with Crippen molar-refractivity contribution in [2.75, 3.05) is 0 Å². The van der Waals surface area contributed by atoms with Crippen LogP contribution in [-0.2, 0) is 19.6 Å². The second kappa shape index (κ2) is 8.05. The van der Waals surface area contributed by atoms with Gasteiger partial charge < -0.3 is 19.7 Å². The van der Waals surface area contributed by atoms with Gasteiger partial charge in [0.1, 0.15) is 11.6 Å². The highest BCUT2D eigenvalue weighted by Crippen LogP contribution is 2.19. The molecule has 142 valence electrons. The lowest BCUT2D eigenvalue weighted by molar-refractivity contribution is 0.174. The Morgan fingerprint density at radius 1 is 1.22 bits per heavy atom. The third-order valence-electron chi connectivity index (χ3n) is 3.79. The van der Waals surface area contributed by atoms with Gasteiger partial charge in [-0.2, -0.15) is 4.98 Å². The number of aromatic nitrogens is 4. The van der Waals surface area contributed by atoms with Gasteiger partial charge in [-0.1, -0.05) is 40.5 Å². The molecule has 9 nitrogen and oxygen atoms in total. The van der Waals surface area contributed by atoms with Crippen LogP contribution in [-0.4, -0.2) is 29.9 Å². The second-order valence-corrected chi connectivity index (χ2v) is 6.46. The van der Waals surface area contributed by atoms with E-state index in [1.165, 1.54) is 0 Å². The first-order valence-corrected chi connectivity index (χ1v) is 8.52. The van der Waals surface area contributed by atoms with Crippen molar-refractivity contribution in [3.05, 3.63) is 78.1 Å². The normalized spacial score (nSPS) is 12.3. The van der Waals surface area contributed by atoms with Crippen molar-refractivity contribution in [2.45, 2.75) is 25.7 Å². The van der Waals surface area contributed by atoms with Gasteiger partial charge in [0.05, 0.1) is 18.4 Å². The molecule has 0 spiro atoms. The number of aliphatic hydroxyl groups is 2. The van der Waals surface area contributed by atoms with Crippen molar-refractivity contribution in [1.82, 2.24) is 19.7 Å². The molecule has 1 aromatic carbocycles. The van der Waals surface area contributed by atoms with Crippen molar-refractivity contribution < 1.29 is 14.7 Å². The summed E-state index contributed by atoms with van der Waals surface area (Å²) in [6.07, 6.45) is -0.808. The van der Waals surface area contributed by atoms with Gasteiger partial charge in [-0.05, 0) is 17.7 Å². The van der Waals surface area contributed by atoms with E-state index in [-0.39, 0.29) is 35.4 Å². The van der Waals surface area contributed by atoms with Gasteiger partial charge in [-0.15, -0.1) is 0 Å². The molecule has 0 saturated carbocycles. The molecule has 11 heteroatoms. The second-order valence-electron chi connectivity index (χ2n) is 5.65. The van der Waals surface area contributed by atoms with Crippen LogP contribution < -0.4 is 11.2 Å². The monoisotopic (exact) mass is 412 g/mol. The van der Waals surface area contributed by atoms with Crippen molar-refractivity contribution >= 4 is 23.2 Å². The van der Waals surface area contributed by atoms with Crippen LogP contribution in [0.15, 0.2) is 38.4 Å². The Hall–Kier alpha value is -2.46. The van der Waals surface area contributed by atoms with Gasteiger partial charge >= 0.3 is 5.69 Å². The van der Waals surface area contributed by atoms with Gasteiger partial charge in [0.15, 0.2) is 5.82 Å². The summed E-state index contributed by atoms with van der Waals surface area (Å²) in [5.41, 5.74) is -0.996. The summed E-state index contributed by atoms with van der Waals surface area (Å²) in [5.74, 6) is 0.198. The largest absolute Gasteiger partial charge is 0.390 e. The van der Waals surface area contributed by atoms with Crippen LogP contribution in [0, 0.1) is 0 Å². The number of hydrogen-bond acceptors (Lipinski definition) is 7. The van der Waals surface area contributed by atoms with Crippen LogP contribution in [0.25, 0.3) is 0 Å². The van der Waals surface area contributed by atoms with E-state index >= 15 is 0 Å². The molecule has 0 unspecified atom stereocenters. The van der Waals surface area contributed by atoms with E-state index in [2.05, 4.69) is 15.1 Å². The van der Waals surface area contributed by atoms with E-state index in [0.29, 0.717) is 10.6 Å². The number of halogens is 2. The predicted molar refractivity (Wildman–Crippen MR) is 95.8 cm³/mol. The van der Waals surface area contributed by atoms with Crippen LogP contribution in [0.3, 0.4) is 0 Å². The molecule has 0 aliphatic heterocycles. The van der Waals surface area contributed by atoms with E-state index in [1.54, 1.807) is 24.3 Å². The zero-order valence-electron chi connectivity index (χ0n) is 13.7. The molecule has 3 N–H and O–H groups in total. The maximum Gasteiger partial charge on any atom is 0.329 e. The van der Waals surface area contributed by atoms with Crippen LogP contribution in [0.1, 0.15) is 29.1 Å². The van der Waals surface area contributed by atoms with E-state index in [9.17, 15) is 14.7 Å². The number of benzene rings is 1. The molecule has 0 radical (unpaired) electrons. The molecule has 0 bridgehead atoms. The maximum absolute atomic E-state index is 12.1. The Kier molecular flexibility index (Phi) is 5.76. The molecule has 0 saturated heterocycles. The standard InChI is InChI=1S/C16H14Cl2N4O5/c17-9-3-1-8(2-4-9)11(24)5-12-20-13(27-21-12)6-22-15(25)14(18)10(7-23)19-16(22)26/h1-4,11,23-24H,5-7H2,(H,19,26)/t11-/m0/s1. The van der Waals surface area contributed by atoms with Crippen molar-refractivity contribution in [2.24, 2.45) is 0 Å². The fraction of sp³-hybridized carbons (Fsp3) is 0.250. The molecular formula is C16H14Cl2N4O5. The summed E-state index contributed by atoms with van der Waals surface area (Å²) < 4.78 is 5.80. The van der Waals surface area contributed by atoms with Gasteiger partial charge in [0.25, 0.3) is 5.56 Å². The van der Waals surface area contributed by atoms with E-state index in [4.69, 9.17) is 32.8 Å². The summed E-state index contributed by atoms with van der Waals surface area (Å²) in [7, 11) is 0. The summed E-state index contributed by atoms with van der Waals surface area (Å²) in [5, 5.41) is 23.3. The first-order chi connectivity index (χ1) is 12.9. The number of aromatic amines is 1. The minimum atomic E-state index is -0.878. The number of H-pyrrole nitrogens is 1. The van der Waals surface area contributed by atoms with Gasteiger partial charge in [0, 0.05) is 11.4 Å². The smallest absolute Gasteiger partial charge is 0.329 e. The molecule has 1 atom stereocenters. The number of rotatable bonds is 6. The highest BCUT2D eigenvalue weighted by molar-refractivity contribution is 6.31. The molecule has 0 aliphatic rings. The minimum Gasteiger partial charge on any atom is -0.390 e. The van der Waals surface area contributed by atoms with Gasteiger partial charge in [0.2, 0.25) is 5.89 Å². The van der Waals surface area contributed by atoms with E-state index < -0.39 is 24.0 Å². The highest BCUT2D eigenvalue weighted by atomic mass is 35.5. The Balaban J connectivity index is 1.77. The Bertz CT molecular complexity index is 1060. The number of hydrogen-bond donors (Lipinski definition) is 3. The third-order valence-corrected chi connectivity index (χ3v) is 4.43. The number of aliphatic hydroxyl groups excluding tert-OH is 2. The summed E-state index contributed by atoms with van der Waals surface area (Å²) in [4.78, 5) is 30.5. The molecule has 0 aliphatic carbocycles. The molecule has 2 aromatic heterocycles. The molecular weight excluding hydrogens is 399 g/mol. The van der Waals surface area contributed by atoms with Crippen molar-refractivity contribution in [3.63, 3.8) is 0 Å². The molecule has 3 aromatic rings. The highest BCUT2D eigenvalue weighted by Gasteiger charge is 2.17. The van der Waals surface area contributed by atoms with Crippen LogP contribution >= 0.6 is 23.2 Å². The minimum absolute atomic E-state index is 0.00581. The average Bonchev–Trinajstić information content (AvgIpc) is 3.09. The van der Waals surface area contributed by atoms with E-state index in [1.807, 2.05) is 0 Å². The first-order valence-electron chi connectivity index (χ1n) is 7.76. The van der Waals surface area contributed by atoms with Crippen molar-refractivity contribution in [3.8, 4) is 0 Å². The zero-order valence-corrected chi connectivity index (χ0v) is 15.2. The Morgan fingerprint density at radius 3 is 2.59 bits per heavy atom. The zero-order chi connectivity index (χ0) is 19.6. The van der Waals surface area contributed by atoms with Crippen molar-refractivity contribution in [1.29, 1.82) is 0 Å². The number of nitrogens with zero attached hydrogens (tertiary/aromatic N) is 3. The predicted octanol–water partition coefficient (Wildman–Crippen LogP) is 1.04. The fourth-order valence-electron chi connectivity index (χ4n) is 2.39. The summed E-state index contributed by atoms with van der Waals surface area (Å²) in [6.45, 7) is -0.874. The van der Waals surface area contributed by atoms with E-state index in [0.717, 1.165) is 4.57 Å². The third kappa shape index (κ3) is 4.28. The first kappa shape index (κ1) is 19.3. The Labute approximate surface area is 161 Å². The Morgan fingerprint density at radius 2 is 1.93 bits per heavy atom. The quantitative estimate of drug-likeness (QED) is 0.550. The lowest BCUT2D eigenvalue weighted by atomic mass is 10.1. The average molecular weight is 413 g/mol. The molecule has 0 fully saturated rings. The summed E-state index contributed by atoms with van der Waals surface area (Å²) >= 11 is 11.6. The molecule has 27 heavy (non-hydrogen) atoms.